The number of imide groups is 1. The molecule has 1 spiro atoms. The summed E-state index contributed by atoms with van der Waals surface area (Å²) < 4.78 is 11.0. The predicted octanol–water partition coefficient (Wildman–Crippen LogP) is 3.64. The highest BCUT2D eigenvalue weighted by atomic mass is 16.6. The molecule has 1 saturated heterocycles. The summed E-state index contributed by atoms with van der Waals surface area (Å²) in [4.78, 5) is 42.5. The highest BCUT2D eigenvalue weighted by molar-refractivity contribution is 6.06. The van der Waals surface area contributed by atoms with E-state index in [2.05, 4.69) is 0 Å². The number of methoxy groups -OCH3 is 1. The summed E-state index contributed by atoms with van der Waals surface area (Å²) in [7, 11) is 1.59. The molecule has 7 heteroatoms. The van der Waals surface area contributed by atoms with Gasteiger partial charge in [0.1, 0.15) is 12.3 Å². The van der Waals surface area contributed by atoms with Gasteiger partial charge in [0.2, 0.25) is 11.5 Å². The van der Waals surface area contributed by atoms with Gasteiger partial charge in [-0.15, -0.1) is 0 Å². The Morgan fingerprint density at radius 2 is 1.97 bits per heavy atom. The predicted molar refractivity (Wildman–Crippen MR) is 120 cm³/mol. The van der Waals surface area contributed by atoms with Crippen LogP contribution in [0.2, 0.25) is 0 Å². The van der Waals surface area contributed by atoms with Crippen LogP contribution >= 0.6 is 0 Å². The van der Waals surface area contributed by atoms with E-state index in [1.807, 2.05) is 43.3 Å². The van der Waals surface area contributed by atoms with Crippen LogP contribution < -0.4 is 4.74 Å². The number of amides is 3. The normalized spacial score (nSPS) is 22.3. The molecule has 5 rings (SSSR count). The van der Waals surface area contributed by atoms with E-state index in [0.29, 0.717) is 36.6 Å². The largest absolute Gasteiger partial charge is 0.497 e. The third-order valence-corrected chi connectivity index (χ3v) is 7.17. The van der Waals surface area contributed by atoms with Crippen LogP contribution in [0.25, 0.3) is 0 Å². The van der Waals surface area contributed by atoms with Gasteiger partial charge in [-0.05, 0) is 55.4 Å². The van der Waals surface area contributed by atoms with E-state index in [-0.39, 0.29) is 18.5 Å². The minimum absolute atomic E-state index is 0.0417. The van der Waals surface area contributed by atoms with Crippen molar-refractivity contribution in [1.82, 2.24) is 9.80 Å². The van der Waals surface area contributed by atoms with Crippen LogP contribution in [-0.4, -0.2) is 47.4 Å². The van der Waals surface area contributed by atoms with Gasteiger partial charge >= 0.3 is 6.09 Å². The number of aryl methyl sites for hydroxylation is 1. The van der Waals surface area contributed by atoms with E-state index in [4.69, 9.17) is 9.47 Å². The van der Waals surface area contributed by atoms with Crippen molar-refractivity contribution in [3.05, 3.63) is 65.2 Å². The van der Waals surface area contributed by atoms with Crippen molar-refractivity contribution in [1.29, 1.82) is 0 Å². The third kappa shape index (κ3) is 3.75. The van der Waals surface area contributed by atoms with Crippen LogP contribution in [0, 0.1) is 5.92 Å². The molecular formula is C26H28N2O5. The van der Waals surface area contributed by atoms with Gasteiger partial charge in [-0.1, -0.05) is 36.4 Å². The molecule has 2 aliphatic carbocycles. The first-order valence-corrected chi connectivity index (χ1v) is 11.5. The molecule has 172 valence electrons. The van der Waals surface area contributed by atoms with E-state index in [1.165, 1.54) is 0 Å². The molecule has 0 bridgehead atoms. The summed E-state index contributed by atoms with van der Waals surface area (Å²) in [5, 5.41) is 0. The van der Waals surface area contributed by atoms with Crippen molar-refractivity contribution in [3.63, 3.8) is 0 Å². The quantitative estimate of drug-likeness (QED) is 0.646. The first-order valence-electron chi connectivity index (χ1n) is 11.5. The number of carbonyl (C=O) groups excluding carboxylic acids is 3. The number of rotatable bonds is 7. The van der Waals surface area contributed by atoms with Crippen LogP contribution in [-0.2, 0) is 32.9 Å². The van der Waals surface area contributed by atoms with Crippen molar-refractivity contribution in [2.45, 2.75) is 50.8 Å². The molecule has 2 aromatic carbocycles. The van der Waals surface area contributed by atoms with Crippen molar-refractivity contribution < 1.29 is 23.9 Å². The van der Waals surface area contributed by atoms with Crippen LogP contribution in [0.3, 0.4) is 0 Å². The van der Waals surface area contributed by atoms with Crippen LogP contribution in [0.1, 0.15) is 42.9 Å². The zero-order valence-electron chi connectivity index (χ0n) is 19.0. The Morgan fingerprint density at radius 1 is 1.21 bits per heavy atom. The topological polar surface area (TPSA) is 76.2 Å². The lowest BCUT2D eigenvalue weighted by atomic mass is 9.95. The zero-order valence-corrected chi connectivity index (χ0v) is 19.0. The van der Waals surface area contributed by atoms with Gasteiger partial charge in [0.15, 0.2) is 0 Å². The van der Waals surface area contributed by atoms with E-state index >= 15 is 0 Å². The summed E-state index contributed by atoms with van der Waals surface area (Å²) in [5.41, 5.74) is 1.29. The van der Waals surface area contributed by atoms with E-state index < -0.39 is 17.6 Å². The Morgan fingerprint density at radius 3 is 2.67 bits per heavy atom. The fourth-order valence-electron chi connectivity index (χ4n) is 5.06. The molecule has 0 N–H and O–H groups in total. The molecule has 1 aliphatic heterocycles. The number of nitrogens with zero attached hydrogens (tertiary/aromatic N) is 2. The van der Waals surface area contributed by atoms with Crippen LogP contribution in [0.15, 0.2) is 48.5 Å². The van der Waals surface area contributed by atoms with Crippen molar-refractivity contribution in [2.24, 2.45) is 5.92 Å². The maximum Gasteiger partial charge on any atom is 0.418 e. The van der Waals surface area contributed by atoms with E-state index in [9.17, 15) is 14.4 Å². The minimum atomic E-state index is -1.34. The van der Waals surface area contributed by atoms with E-state index in [0.717, 1.165) is 28.9 Å². The van der Waals surface area contributed by atoms with Crippen LogP contribution in [0.5, 0.6) is 5.75 Å². The van der Waals surface area contributed by atoms with Gasteiger partial charge in [0, 0.05) is 24.6 Å². The molecule has 1 heterocycles. The average molecular weight is 449 g/mol. The van der Waals surface area contributed by atoms with E-state index in [1.54, 1.807) is 24.1 Å². The molecule has 1 saturated carbocycles. The fourth-order valence-corrected chi connectivity index (χ4v) is 5.06. The molecule has 3 amide bonds. The second-order valence-electron chi connectivity index (χ2n) is 9.19. The number of hydrogen-bond donors (Lipinski definition) is 0. The first kappa shape index (κ1) is 21.5. The zero-order chi connectivity index (χ0) is 23.2. The lowest BCUT2D eigenvalue weighted by Gasteiger charge is -2.30. The molecule has 0 aromatic heterocycles. The van der Waals surface area contributed by atoms with Gasteiger partial charge in [-0.3, -0.25) is 9.59 Å². The molecule has 2 fully saturated rings. The van der Waals surface area contributed by atoms with Gasteiger partial charge in [0.05, 0.1) is 7.11 Å². The summed E-state index contributed by atoms with van der Waals surface area (Å²) in [6, 6.07) is 15.2. The maximum atomic E-state index is 13.5. The Balaban J connectivity index is 1.37. The summed E-state index contributed by atoms with van der Waals surface area (Å²) in [6.07, 6.45) is 2.40. The van der Waals surface area contributed by atoms with Crippen molar-refractivity contribution in [2.75, 3.05) is 13.7 Å². The Labute approximate surface area is 193 Å². The molecule has 33 heavy (non-hydrogen) atoms. The highest BCUT2D eigenvalue weighted by Gasteiger charge is 2.58. The molecule has 7 nitrogen and oxygen atoms in total. The van der Waals surface area contributed by atoms with Crippen molar-refractivity contribution >= 4 is 17.9 Å². The Kier molecular flexibility index (Phi) is 5.35. The molecular weight excluding hydrogens is 420 g/mol. The number of ether oxygens (including phenoxy) is 2. The number of carbonyl (C=O) groups is 3. The van der Waals surface area contributed by atoms with Crippen molar-refractivity contribution in [3.8, 4) is 5.75 Å². The Hall–Kier alpha value is -3.35. The molecule has 2 aromatic rings. The van der Waals surface area contributed by atoms with Crippen LogP contribution in [0.4, 0.5) is 4.79 Å². The summed E-state index contributed by atoms with van der Waals surface area (Å²) >= 11 is 0. The van der Waals surface area contributed by atoms with Gasteiger partial charge < -0.3 is 14.4 Å². The lowest BCUT2D eigenvalue weighted by Crippen LogP contribution is -2.47. The monoisotopic (exact) mass is 448 g/mol. The van der Waals surface area contributed by atoms with Gasteiger partial charge in [0.25, 0.3) is 5.91 Å². The first-order chi connectivity index (χ1) is 15.9. The summed E-state index contributed by atoms with van der Waals surface area (Å²) in [5.74, 6) is 0.458. The Bertz CT molecular complexity index is 1100. The maximum absolute atomic E-state index is 13.5. The SMILES string of the molecule is COc1ccc2c(c1)CCC21OC(=O)N(CC(=O)N(Cc2ccccc2)C(C)C2CC2)C1=O. The molecule has 3 aliphatic rings. The number of benzene rings is 2. The minimum Gasteiger partial charge on any atom is -0.497 e. The third-order valence-electron chi connectivity index (χ3n) is 7.17. The second kappa shape index (κ2) is 8.21. The second-order valence-corrected chi connectivity index (χ2v) is 9.19. The fraction of sp³-hybridized carbons (Fsp3) is 0.423. The van der Waals surface area contributed by atoms with Gasteiger partial charge in [-0.2, -0.15) is 0 Å². The lowest BCUT2D eigenvalue weighted by molar-refractivity contribution is -0.143. The molecule has 2 unspecified atom stereocenters. The standard InChI is InChI=1S/C26H28N2O5/c1-17(19-8-9-19)27(15-18-6-4-3-5-7-18)23(29)16-28-24(30)26(33-25(28)31)13-12-20-14-21(32-2)10-11-22(20)26/h3-7,10-11,14,17,19H,8-9,12-13,15-16H2,1-2H3. The summed E-state index contributed by atoms with van der Waals surface area (Å²) in [6.45, 7) is 2.18. The molecule has 0 radical (unpaired) electrons. The average Bonchev–Trinajstić information content (AvgIpc) is 3.58. The highest BCUT2D eigenvalue weighted by Crippen LogP contribution is 2.46. The molecule has 2 atom stereocenters. The van der Waals surface area contributed by atoms with Gasteiger partial charge in [-0.25, -0.2) is 9.69 Å². The smallest absolute Gasteiger partial charge is 0.418 e. The number of hydrogen-bond acceptors (Lipinski definition) is 5. The number of fused-ring (bicyclic) bond motifs is 2.